The Hall–Kier alpha value is -2.89. The molecule has 6 heteroatoms. The second-order valence-corrected chi connectivity index (χ2v) is 7.10. The molecule has 0 aliphatic carbocycles. The summed E-state index contributed by atoms with van der Waals surface area (Å²) in [5.74, 6) is -0.323. The molecule has 0 atom stereocenters. The third-order valence-electron chi connectivity index (χ3n) is 3.84. The van der Waals surface area contributed by atoms with Crippen molar-refractivity contribution >= 4 is 18.1 Å². The van der Waals surface area contributed by atoms with E-state index in [1.807, 2.05) is 12.1 Å². The number of carbonyl (C=O) groups excluding carboxylic acids is 2. The Balaban J connectivity index is 1.99. The van der Waals surface area contributed by atoms with E-state index in [2.05, 4.69) is 5.32 Å². The van der Waals surface area contributed by atoms with Crippen LogP contribution in [-0.4, -0.2) is 25.1 Å². The Kier molecular flexibility index (Phi) is 6.55. The number of hydrogen-bond acceptors (Lipinski definition) is 4. The molecule has 0 heterocycles. The van der Waals surface area contributed by atoms with Gasteiger partial charge in [0.1, 0.15) is 17.2 Å². The standard InChI is InChI=1S/C21H24FNO4/c1-21(2,3)27-20(25)23-16-10-6-14(7-11-16)5-8-15-9-12-18(26-4)17(13-24)19(15)22/h6-7,9-13H,5,8H2,1-4H3,(H,23,25). The van der Waals surface area contributed by atoms with E-state index in [0.717, 1.165) is 5.56 Å². The number of hydrogen-bond donors (Lipinski definition) is 1. The second kappa shape index (κ2) is 8.66. The number of aryl methyl sites for hydroxylation is 2. The van der Waals surface area contributed by atoms with Gasteiger partial charge in [0.25, 0.3) is 0 Å². The molecule has 2 aromatic carbocycles. The number of carbonyl (C=O) groups is 2. The molecule has 0 aromatic heterocycles. The lowest BCUT2D eigenvalue weighted by Crippen LogP contribution is -2.27. The molecule has 0 unspecified atom stereocenters. The van der Waals surface area contributed by atoms with Gasteiger partial charge in [-0.25, -0.2) is 9.18 Å². The van der Waals surface area contributed by atoms with E-state index in [4.69, 9.17) is 9.47 Å². The number of anilines is 1. The fraction of sp³-hybridized carbons (Fsp3) is 0.333. The Morgan fingerprint density at radius 1 is 1.11 bits per heavy atom. The van der Waals surface area contributed by atoms with Crippen LogP contribution in [0.2, 0.25) is 0 Å². The first-order valence-electron chi connectivity index (χ1n) is 8.63. The number of rotatable bonds is 6. The molecule has 0 fully saturated rings. The van der Waals surface area contributed by atoms with Crippen molar-refractivity contribution in [1.82, 2.24) is 0 Å². The van der Waals surface area contributed by atoms with Gasteiger partial charge < -0.3 is 9.47 Å². The van der Waals surface area contributed by atoms with Gasteiger partial charge in [0.15, 0.2) is 6.29 Å². The molecular weight excluding hydrogens is 349 g/mol. The second-order valence-electron chi connectivity index (χ2n) is 7.10. The van der Waals surface area contributed by atoms with E-state index >= 15 is 0 Å². The zero-order chi connectivity index (χ0) is 20.0. The topological polar surface area (TPSA) is 64.6 Å². The van der Waals surface area contributed by atoms with E-state index in [1.165, 1.54) is 7.11 Å². The lowest BCUT2D eigenvalue weighted by atomic mass is 10.0. The highest BCUT2D eigenvalue weighted by Crippen LogP contribution is 2.24. The molecule has 1 N–H and O–H groups in total. The Morgan fingerprint density at radius 2 is 1.78 bits per heavy atom. The largest absolute Gasteiger partial charge is 0.496 e. The van der Waals surface area contributed by atoms with Crippen molar-refractivity contribution in [2.24, 2.45) is 0 Å². The number of ether oxygens (including phenoxy) is 2. The predicted molar refractivity (Wildman–Crippen MR) is 102 cm³/mol. The van der Waals surface area contributed by atoms with E-state index in [-0.39, 0.29) is 11.3 Å². The Bertz CT molecular complexity index is 810. The first kappa shape index (κ1) is 20.4. The molecule has 0 aliphatic rings. The number of amides is 1. The highest BCUT2D eigenvalue weighted by molar-refractivity contribution is 5.84. The molecule has 27 heavy (non-hydrogen) atoms. The Labute approximate surface area is 158 Å². The summed E-state index contributed by atoms with van der Waals surface area (Å²) in [6, 6.07) is 10.5. The highest BCUT2D eigenvalue weighted by Gasteiger charge is 2.16. The van der Waals surface area contributed by atoms with Crippen LogP contribution in [0.1, 0.15) is 42.3 Å². The molecular formula is C21H24FNO4. The van der Waals surface area contributed by atoms with Crippen molar-refractivity contribution in [2.75, 3.05) is 12.4 Å². The van der Waals surface area contributed by atoms with Gasteiger partial charge in [-0.2, -0.15) is 0 Å². The fourth-order valence-electron chi connectivity index (χ4n) is 2.56. The minimum absolute atomic E-state index is 0.0630. The molecule has 0 aliphatic heterocycles. The number of nitrogens with one attached hydrogen (secondary N) is 1. The molecule has 0 spiro atoms. The molecule has 5 nitrogen and oxygen atoms in total. The van der Waals surface area contributed by atoms with Crippen LogP contribution in [-0.2, 0) is 17.6 Å². The van der Waals surface area contributed by atoms with Gasteiger partial charge in [0, 0.05) is 5.69 Å². The van der Waals surface area contributed by atoms with Crippen molar-refractivity contribution in [1.29, 1.82) is 0 Å². The summed E-state index contributed by atoms with van der Waals surface area (Å²) in [6.07, 6.45) is 0.982. The molecule has 2 rings (SSSR count). The predicted octanol–water partition coefficient (Wildman–Crippen LogP) is 4.78. The van der Waals surface area contributed by atoms with Crippen molar-refractivity contribution < 1.29 is 23.5 Å². The lowest BCUT2D eigenvalue weighted by Gasteiger charge is -2.19. The summed E-state index contributed by atoms with van der Waals surface area (Å²) in [4.78, 5) is 22.8. The molecule has 0 saturated carbocycles. The SMILES string of the molecule is COc1ccc(CCc2ccc(NC(=O)OC(C)(C)C)cc2)c(F)c1C=O. The minimum Gasteiger partial charge on any atom is -0.496 e. The molecule has 0 saturated heterocycles. The number of aldehydes is 1. The molecule has 1 amide bonds. The third-order valence-corrected chi connectivity index (χ3v) is 3.84. The normalized spacial score (nSPS) is 11.0. The van der Waals surface area contributed by atoms with Gasteiger partial charge in [-0.1, -0.05) is 18.2 Å². The van der Waals surface area contributed by atoms with Crippen LogP contribution in [0.3, 0.4) is 0 Å². The summed E-state index contributed by atoms with van der Waals surface area (Å²) < 4.78 is 24.6. The van der Waals surface area contributed by atoms with Crippen molar-refractivity contribution in [3.05, 3.63) is 58.9 Å². The van der Waals surface area contributed by atoms with Crippen LogP contribution >= 0.6 is 0 Å². The third kappa shape index (κ3) is 5.81. The molecule has 2 aromatic rings. The molecule has 144 valence electrons. The van der Waals surface area contributed by atoms with Gasteiger partial charge in [0.2, 0.25) is 0 Å². The quantitative estimate of drug-likeness (QED) is 0.740. The monoisotopic (exact) mass is 373 g/mol. The molecule has 0 radical (unpaired) electrons. The average molecular weight is 373 g/mol. The van der Waals surface area contributed by atoms with Gasteiger partial charge in [0.05, 0.1) is 12.7 Å². The smallest absolute Gasteiger partial charge is 0.412 e. The van der Waals surface area contributed by atoms with E-state index < -0.39 is 17.5 Å². The maximum Gasteiger partial charge on any atom is 0.412 e. The number of benzene rings is 2. The number of methoxy groups -OCH3 is 1. The average Bonchev–Trinajstić information content (AvgIpc) is 2.60. The summed E-state index contributed by atoms with van der Waals surface area (Å²) in [5, 5.41) is 2.66. The summed E-state index contributed by atoms with van der Waals surface area (Å²) in [5.41, 5.74) is 1.42. The Morgan fingerprint density at radius 3 is 2.33 bits per heavy atom. The lowest BCUT2D eigenvalue weighted by molar-refractivity contribution is 0.0636. The van der Waals surface area contributed by atoms with Crippen molar-refractivity contribution in [3.63, 3.8) is 0 Å². The van der Waals surface area contributed by atoms with Crippen LogP contribution in [0.15, 0.2) is 36.4 Å². The summed E-state index contributed by atoms with van der Waals surface area (Å²) in [6.45, 7) is 5.39. The van der Waals surface area contributed by atoms with Crippen molar-refractivity contribution in [2.45, 2.75) is 39.2 Å². The van der Waals surface area contributed by atoms with Crippen LogP contribution < -0.4 is 10.1 Å². The number of halogens is 1. The zero-order valence-electron chi connectivity index (χ0n) is 16.0. The molecule has 0 bridgehead atoms. The van der Waals surface area contributed by atoms with E-state index in [0.29, 0.717) is 30.4 Å². The van der Waals surface area contributed by atoms with Crippen molar-refractivity contribution in [3.8, 4) is 5.75 Å². The van der Waals surface area contributed by atoms with Gasteiger partial charge in [-0.15, -0.1) is 0 Å². The summed E-state index contributed by atoms with van der Waals surface area (Å²) >= 11 is 0. The van der Waals surface area contributed by atoms with Crippen LogP contribution in [0.25, 0.3) is 0 Å². The van der Waals surface area contributed by atoms with Gasteiger partial charge in [-0.05, 0) is 62.9 Å². The maximum absolute atomic E-state index is 14.4. The maximum atomic E-state index is 14.4. The minimum atomic E-state index is -0.563. The first-order valence-corrected chi connectivity index (χ1v) is 8.63. The van der Waals surface area contributed by atoms with E-state index in [1.54, 1.807) is 45.0 Å². The van der Waals surface area contributed by atoms with Crippen LogP contribution in [0, 0.1) is 5.82 Å². The van der Waals surface area contributed by atoms with E-state index in [9.17, 15) is 14.0 Å². The highest BCUT2D eigenvalue weighted by atomic mass is 19.1. The van der Waals surface area contributed by atoms with Gasteiger partial charge in [-0.3, -0.25) is 10.1 Å². The first-order chi connectivity index (χ1) is 12.7. The van der Waals surface area contributed by atoms with Gasteiger partial charge >= 0.3 is 6.09 Å². The van der Waals surface area contributed by atoms with Crippen LogP contribution in [0.5, 0.6) is 5.75 Å². The summed E-state index contributed by atoms with van der Waals surface area (Å²) in [7, 11) is 1.40. The zero-order valence-corrected chi connectivity index (χ0v) is 16.0. The van der Waals surface area contributed by atoms with Crippen LogP contribution in [0.4, 0.5) is 14.9 Å². The fourth-order valence-corrected chi connectivity index (χ4v) is 2.56.